The number of Topliss-reactive ketones (excluding diaryl/α,β-unsaturated/α-hetero) is 1. The molecule has 30 heavy (non-hydrogen) atoms. The molecule has 1 aliphatic rings. The lowest BCUT2D eigenvalue weighted by molar-refractivity contribution is 0.101. The van der Waals surface area contributed by atoms with E-state index in [4.69, 9.17) is 4.74 Å². The molecule has 0 aromatic heterocycles. The first-order valence-electron chi connectivity index (χ1n) is 10.9. The van der Waals surface area contributed by atoms with Gasteiger partial charge in [0.25, 0.3) is 0 Å². The molecule has 1 aromatic carbocycles. The summed E-state index contributed by atoms with van der Waals surface area (Å²) in [5, 5.41) is 7.35. The number of hydrogen-bond acceptors (Lipinski definition) is 7. The third-order valence-corrected chi connectivity index (χ3v) is 7.20. The van der Waals surface area contributed by atoms with Crippen molar-refractivity contribution < 1.29 is 9.53 Å². The summed E-state index contributed by atoms with van der Waals surface area (Å²) in [7, 11) is 0. The van der Waals surface area contributed by atoms with Crippen LogP contribution < -0.4 is 19.5 Å². The molecule has 0 bridgehead atoms. The maximum absolute atomic E-state index is 11.3. The standard InChI is InChI=1S/C23H39N3O2S2/c1-18(27)20-9-11-21(12-10-20)28-13-7-6-8-19-14-24-16-22(2,3)29-26-30-23(4,5)17-25-15-19/h9-12,19,24-26H,6-8,13-17H2,1-5H3. The van der Waals surface area contributed by atoms with Gasteiger partial charge in [-0.1, -0.05) is 23.9 Å². The summed E-state index contributed by atoms with van der Waals surface area (Å²) in [5.74, 6) is 1.54. The Bertz CT molecular complexity index is 628. The zero-order valence-electron chi connectivity index (χ0n) is 19.2. The Morgan fingerprint density at radius 3 is 2.10 bits per heavy atom. The van der Waals surface area contributed by atoms with Crippen molar-refractivity contribution in [1.29, 1.82) is 0 Å². The number of ether oxygens (including phenoxy) is 1. The molecule has 0 spiro atoms. The Hall–Kier alpha value is -0.730. The number of benzene rings is 1. The average molecular weight is 454 g/mol. The highest BCUT2D eigenvalue weighted by Crippen LogP contribution is 2.29. The summed E-state index contributed by atoms with van der Waals surface area (Å²) in [4.78, 5) is 11.3. The molecule has 1 heterocycles. The van der Waals surface area contributed by atoms with Crippen LogP contribution in [0.15, 0.2) is 24.3 Å². The third kappa shape index (κ3) is 10.1. The van der Waals surface area contributed by atoms with Gasteiger partial charge in [0, 0.05) is 28.1 Å². The fourth-order valence-electron chi connectivity index (χ4n) is 3.26. The number of carbonyl (C=O) groups excluding carboxylic acids is 1. The van der Waals surface area contributed by atoms with Crippen LogP contribution in [-0.2, 0) is 0 Å². The van der Waals surface area contributed by atoms with Gasteiger partial charge in [-0.05, 0) is 97.2 Å². The molecule has 1 fully saturated rings. The summed E-state index contributed by atoms with van der Waals surface area (Å²) >= 11 is 3.62. The minimum absolute atomic E-state index is 0.0843. The predicted octanol–water partition coefficient (Wildman–Crippen LogP) is 4.69. The smallest absolute Gasteiger partial charge is 0.159 e. The molecular formula is C23H39N3O2S2. The highest BCUT2D eigenvalue weighted by molar-refractivity contribution is 8.13. The van der Waals surface area contributed by atoms with E-state index >= 15 is 0 Å². The quantitative estimate of drug-likeness (QED) is 0.314. The van der Waals surface area contributed by atoms with Crippen molar-refractivity contribution in [1.82, 2.24) is 14.8 Å². The number of unbranched alkanes of at least 4 members (excludes halogenated alkanes) is 1. The number of ketones is 1. The van der Waals surface area contributed by atoms with Crippen LogP contribution in [0.2, 0.25) is 0 Å². The second kappa shape index (κ2) is 12.3. The van der Waals surface area contributed by atoms with E-state index in [2.05, 4.69) is 42.5 Å². The maximum Gasteiger partial charge on any atom is 0.159 e. The summed E-state index contributed by atoms with van der Waals surface area (Å²) in [5.41, 5.74) is 0.726. The summed E-state index contributed by atoms with van der Waals surface area (Å²) in [6.07, 6.45) is 3.38. The van der Waals surface area contributed by atoms with Crippen molar-refractivity contribution in [3.05, 3.63) is 29.8 Å². The summed E-state index contributed by atoms with van der Waals surface area (Å²) < 4.78 is 9.65. The molecule has 1 aliphatic heterocycles. The molecule has 0 amide bonds. The van der Waals surface area contributed by atoms with Crippen molar-refractivity contribution in [2.45, 2.75) is 63.4 Å². The molecule has 0 atom stereocenters. The summed E-state index contributed by atoms with van der Waals surface area (Å²) in [6.45, 7) is 15.5. The Morgan fingerprint density at radius 1 is 1.00 bits per heavy atom. The second-order valence-corrected chi connectivity index (χ2v) is 12.6. The Kier molecular flexibility index (Phi) is 10.5. The van der Waals surface area contributed by atoms with E-state index in [1.54, 1.807) is 6.92 Å². The predicted molar refractivity (Wildman–Crippen MR) is 131 cm³/mol. The molecule has 1 aromatic rings. The number of nitrogens with one attached hydrogen (secondary N) is 3. The first-order chi connectivity index (χ1) is 14.2. The van der Waals surface area contributed by atoms with E-state index in [0.717, 1.165) is 50.3 Å². The minimum atomic E-state index is 0.0843. The fourth-order valence-corrected chi connectivity index (χ4v) is 5.58. The van der Waals surface area contributed by atoms with Crippen LogP contribution in [0.5, 0.6) is 5.75 Å². The van der Waals surface area contributed by atoms with Crippen molar-refractivity contribution in [3.63, 3.8) is 0 Å². The van der Waals surface area contributed by atoms with Crippen LogP contribution in [-0.4, -0.2) is 48.1 Å². The number of rotatable bonds is 7. The molecule has 1 saturated heterocycles. The van der Waals surface area contributed by atoms with Gasteiger partial charge in [-0.25, -0.2) is 4.13 Å². The Morgan fingerprint density at radius 2 is 1.57 bits per heavy atom. The highest BCUT2D eigenvalue weighted by Gasteiger charge is 2.24. The third-order valence-electron chi connectivity index (χ3n) is 5.14. The minimum Gasteiger partial charge on any atom is -0.494 e. The molecule has 0 aliphatic carbocycles. The second-order valence-electron chi connectivity index (χ2n) is 9.36. The van der Waals surface area contributed by atoms with E-state index in [1.807, 2.05) is 48.2 Å². The Balaban J connectivity index is 1.74. The Labute approximate surface area is 191 Å². The lowest BCUT2D eigenvalue weighted by Crippen LogP contribution is -2.43. The van der Waals surface area contributed by atoms with Crippen LogP contribution in [0.1, 0.15) is 64.2 Å². The molecule has 0 saturated carbocycles. The van der Waals surface area contributed by atoms with E-state index in [1.165, 1.54) is 6.42 Å². The monoisotopic (exact) mass is 453 g/mol. The van der Waals surface area contributed by atoms with Gasteiger partial charge < -0.3 is 15.4 Å². The zero-order chi connectivity index (χ0) is 22.0. The maximum atomic E-state index is 11.3. The molecule has 170 valence electrons. The first-order valence-corrected chi connectivity index (χ1v) is 12.6. The van der Waals surface area contributed by atoms with Crippen molar-refractivity contribution in [3.8, 4) is 5.75 Å². The molecule has 2 rings (SSSR count). The van der Waals surface area contributed by atoms with E-state index < -0.39 is 0 Å². The molecular weight excluding hydrogens is 414 g/mol. The van der Waals surface area contributed by atoms with Crippen LogP contribution in [0.4, 0.5) is 0 Å². The van der Waals surface area contributed by atoms with Gasteiger partial charge in [-0.2, -0.15) is 0 Å². The fraction of sp³-hybridized carbons (Fsp3) is 0.696. The van der Waals surface area contributed by atoms with Gasteiger partial charge in [0.15, 0.2) is 5.78 Å². The average Bonchev–Trinajstić information content (AvgIpc) is 2.66. The van der Waals surface area contributed by atoms with E-state index in [9.17, 15) is 4.79 Å². The van der Waals surface area contributed by atoms with Gasteiger partial charge in [0.05, 0.1) is 6.61 Å². The zero-order valence-corrected chi connectivity index (χ0v) is 20.8. The van der Waals surface area contributed by atoms with E-state index in [0.29, 0.717) is 12.5 Å². The van der Waals surface area contributed by atoms with Gasteiger partial charge in [0.1, 0.15) is 5.75 Å². The number of hydrogen-bond donors (Lipinski definition) is 3. The number of carbonyl (C=O) groups is 1. The van der Waals surface area contributed by atoms with Gasteiger partial charge >= 0.3 is 0 Å². The van der Waals surface area contributed by atoms with E-state index in [-0.39, 0.29) is 15.3 Å². The van der Waals surface area contributed by atoms with Crippen molar-refractivity contribution in [2.75, 3.05) is 32.8 Å². The lowest BCUT2D eigenvalue weighted by atomic mass is 10.0. The van der Waals surface area contributed by atoms with Gasteiger partial charge in [0.2, 0.25) is 0 Å². The van der Waals surface area contributed by atoms with Crippen LogP contribution in [0.3, 0.4) is 0 Å². The SMILES string of the molecule is CC(=O)c1ccc(OCCCCC2CNCC(C)(C)SNSC(C)(C)CNC2)cc1. The molecule has 3 N–H and O–H groups in total. The van der Waals surface area contributed by atoms with Gasteiger partial charge in [-0.3, -0.25) is 4.79 Å². The largest absolute Gasteiger partial charge is 0.494 e. The van der Waals surface area contributed by atoms with Crippen LogP contribution >= 0.6 is 23.9 Å². The van der Waals surface area contributed by atoms with Crippen molar-refractivity contribution >= 4 is 29.7 Å². The highest BCUT2D eigenvalue weighted by atomic mass is 32.2. The van der Waals surface area contributed by atoms with Gasteiger partial charge in [-0.15, -0.1) is 0 Å². The molecule has 0 radical (unpaired) electrons. The molecule has 5 nitrogen and oxygen atoms in total. The topological polar surface area (TPSA) is 62.4 Å². The summed E-state index contributed by atoms with van der Waals surface area (Å²) in [6, 6.07) is 7.42. The normalized spacial score (nSPS) is 20.7. The van der Waals surface area contributed by atoms with Crippen LogP contribution in [0.25, 0.3) is 0 Å². The van der Waals surface area contributed by atoms with Crippen LogP contribution in [0, 0.1) is 5.92 Å². The lowest BCUT2D eigenvalue weighted by Gasteiger charge is -2.31. The molecule has 7 heteroatoms. The van der Waals surface area contributed by atoms with Crippen molar-refractivity contribution in [2.24, 2.45) is 5.92 Å². The molecule has 0 unspecified atom stereocenters. The first kappa shape index (κ1) is 25.5.